The van der Waals surface area contributed by atoms with Gasteiger partial charge in [0, 0.05) is 6.42 Å². The summed E-state index contributed by atoms with van der Waals surface area (Å²) < 4.78 is 18.6. The molecule has 0 spiro atoms. The van der Waals surface area contributed by atoms with E-state index in [1.54, 1.807) is 0 Å². The first-order valence-electron chi connectivity index (χ1n) is 5.71. The minimum absolute atomic E-state index is 0.0701. The molecule has 1 aliphatic heterocycles. The molecule has 4 nitrogen and oxygen atoms in total. The molecule has 0 aliphatic carbocycles. The second kappa shape index (κ2) is 5.16. The number of alkyl halides is 1. The molecule has 0 N–H and O–H groups in total. The van der Waals surface area contributed by atoms with Crippen molar-refractivity contribution in [2.45, 2.75) is 18.7 Å². The van der Waals surface area contributed by atoms with Crippen LogP contribution in [0.25, 0.3) is 0 Å². The van der Waals surface area contributed by atoms with Crippen LogP contribution in [0.2, 0.25) is 0 Å². The lowest BCUT2D eigenvalue weighted by Gasteiger charge is -2.42. The third kappa shape index (κ3) is 2.85. The van der Waals surface area contributed by atoms with E-state index in [2.05, 4.69) is 0 Å². The molecule has 1 aliphatic rings. The molecule has 18 heavy (non-hydrogen) atoms. The Balaban J connectivity index is 1.76. The number of halogens is 1. The first-order chi connectivity index (χ1) is 8.63. The van der Waals surface area contributed by atoms with Gasteiger partial charge in [0.2, 0.25) is 0 Å². The van der Waals surface area contributed by atoms with Crippen LogP contribution in [0.3, 0.4) is 0 Å². The fourth-order valence-corrected chi connectivity index (χ4v) is 1.86. The van der Waals surface area contributed by atoms with Gasteiger partial charge in [-0.2, -0.15) is 0 Å². The van der Waals surface area contributed by atoms with Crippen LogP contribution < -0.4 is 0 Å². The Morgan fingerprint density at radius 3 is 2.67 bits per heavy atom. The minimum atomic E-state index is -1.56. The number of nitrogens with zero attached hydrogens (tertiary/aromatic N) is 1. The molecule has 1 amide bonds. The number of aldehydes is 1. The number of hydrogen-bond acceptors (Lipinski definition) is 3. The number of carbonyl (C=O) groups is 2. The van der Waals surface area contributed by atoms with E-state index in [0.717, 1.165) is 5.56 Å². The lowest BCUT2D eigenvalue weighted by molar-refractivity contribution is -0.114. The number of ether oxygens (including phenoxy) is 1. The van der Waals surface area contributed by atoms with Gasteiger partial charge < -0.3 is 14.4 Å². The fraction of sp³-hybridized carbons (Fsp3) is 0.385. The van der Waals surface area contributed by atoms with Crippen molar-refractivity contribution in [3.05, 3.63) is 35.9 Å². The Hall–Kier alpha value is -1.91. The molecule has 1 aromatic carbocycles. The summed E-state index contributed by atoms with van der Waals surface area (Å²) in [5, 5.41) is 0. The number of carbonyl (C=O) groups excluding carboxylic acids is 2. The molecule has 0 saturated carbocycles. The van der Waals surface area contributed by atoms with Gasteiger partial charge in [-0.05, 0) is 5.56 Å². The SMILES string of the molecule is O=CCC1(F)CN(C(=O)OCc2ccccc2)C1. The molecule has 96 valence electrons. The van der Waals surface area contributed by atoms with Gasteiger partial charge in [0.15, 0.2) is 5.67 Å². The molecule has 0 unspecified atom stereocenters. The lowest BCUT2D eigenvalue weighted by Crippen LogP contribution is -2.61. The summed E-state index contributed by atoms with van der Waals surface area (Å²) in [5.74, 6) is 0. The van der Waals surface area contributed by atoms with Gasteiger partial charge in [-0.15, -0.1) is 0 Å². The van der Waals surface area contributed by atoms with Crippen molar-refractivity contribution < 1.29 is 18.7 Å². The maximum Gasteiger partial charge on any atom is 0.410 e. The summed E-state index contributed by atoms with van der Waals surface area (Å²) in [7, 11) is 0. The topological polar surface area (TPSA) is 46.6 Å². The van der Waals surface area contributed by atoms with E-state index < -0.39 is 11.8 Å². The monoisotopic (exact) mass is 251 g/mol. The van der Waals surface area contributed by atoms with Gasteiger partial charge in [-0.25, -0.2) is 9.18 Å². The number of hydrogen-bond donors (Lipinski definition) is 0. The average molecular weight is 251 g/mol. The highest BCUT2D eigenvalue weighted by Gasteiger charge is 2.46. The quantitative estimate of drug-likeness (QED) is 0.768. The van der Waals surface area contributed by atoms with Crippen molar-refractivity contribution in [3.63, 3.8) is 0 Å². The van der Waals surface area contributed by atoms with Gasteiger partial charge in [0.25, 0.3) is 0 Å². The lowest BCUT2D eigenvalue weighted by atomic mass is 9.94. The van der Waals surface area contributed by atoms with E-state index in [-0.39, 0.29) is 26.1 Å². The molecule has 0 aromatic heterocycles. The Kier molecular flexibility index (Phi) is 3.60. The zero-order chi connectivity index (χ0) is 13.0. The molecule has 0 radical (unpaired) electrons. The second-order valence-corrected chi connectivity index (χ2v) is 4.42. The van der Waals surface area contributed by atoms with Crippen LogP contribution in [0.15, 0.2) is 30.3 Å². The Morgan fingerprint density at radius 2 is 2.06 bits per heavy atom. The molecular formula is C13H14FNO3. The van der Waals surface area contributed by atoms with Gasteiger partial charge in [-0.1, -0.05) is 30.3 Å². The zero-order valence-electron chi connectivity index (χ0n) is 9.84. The molecular weight excluding hydrogens is 237 g/mol. The van der Waals surface area contributed by atoms with Gasteiger partial charge >= 0.3 is 6.09 Å². The van der Waals surface area contributed by atoms with Crippen LogP contribution >= 0.6 is 0 Å². The predicted octanol–water partition coefficient (Wildman–Crippen LogP) is 1.94. The number of amides is 1. The van der Waals surface area contributed by atoms with E-state index in [9.17, 15) is 14.0 Å². The molecule has 0 atom stereocenters. The number of benzene rings is 1. The normalized spacial score (nSPS) is 16.8. The first kappa shape index (κ1) is 12.5. The maximum absolute atomic E-state index is 13.6. The second-order valence-electron chi connectivity index (χ2n) is 4.42. The third-order valence-electron chi connectivity index (χ3n) is 2.86. The first-order valence-corrected chi connectivity index (χ1v) is 5.71. The van der Waals surface area contributed by atoms with Crippen molar-refractivity contribution in [2.75, 3.05) is 13.1 Å². The van der Waals surface area contributed by atoms with E-state index in [1.807, 2.05) is 30.3 Å². The highest BCUT2D eigenvalue weighted by molar-refractivity contribution is 5.69. The van der Waals surface area contributed by atoms with E-state index in [4.69, 9.17) is 4.74 Å². The summed E-state index contributed by atoms with van der Waals surface area (Å²) in [5.41, 5.74) is -0.682. The van der Waals surface area contributed by atoms with Crippen LogP contribution in [-0.4, -0.2) is 36.0 Å². The summed E-state index contributed by atoms with van der Waals surface area (Å²) >= 11 is 0. The van der Waals surface area contributed by atoms with Gasteiger partial charge in [-0.3, -0.25) is 0 Å². The van der Waals surface area contributed by atoms with E-state index in [1.165, 1.54) is 4.90 Å². The third-order valence-corrected chi connectivity index (χ3v) is 2.86. The molecule has 1 heterocycles. The average Bonchev–Trinajstić information content (AvgIpc) is 2.34. The Morgan fingerprint density at radius 1 is 1.39 bits per heavy atom. The molecule has 1 saturated heterocycles. The van der Waals surface area contributed by atoms with Crippen molar-refractivity contribution in [1.29, 1.82) is 0 Å². The maximum atomic E-state index is 13.6. The molecule has 5 heteroatoms. The van der Waals surface area contributed by atoms with E-state index in [0.29, 0.717) is 6.29 Å². The highest BCUT2D eigenvalue weighted by Crippen LogP contribution is 2.28. The molecule has 1 aromatic rings. The fourth-order valence-electron chi connectivity index (χ4n) is 1.86. The summed E-state index contributed by atoms with van der Waals surface area (Å²) in [6, 6.07) is 9.26. The minimum Gasteiger partial charge on any atom is -0.445 e. The van der Waals surface area contributed by atoms with Crippen LogP contribution in [-0.2, 0) is 16.1 Å². The van der Waals surface area contributed by atoms with Gasteiger partial charge in [0.1, 0.15) is 12.9 Å². The van der Waals surface area contributed by atoms with Crippen LogP contribution in [0.1, 0.15) is 12.0 Å². The van der Waals surface area contributed by atoms with Crippen LogP contribution in [0.4, 0.5) is 9.18 Å². The number of likely N-dealkylation sites (tertiary alicyclic amines) is 1. The number of rotatable bonds is 4. The van der Waals surface area contributed by atoms with Crippen molar-refractivity contribution in [1.82, 2.24) is 4.90 Å². The largest absolute Gasteiger partial charge is 0.445 e. The summed E-state index contributed by atoms with van der Waals surface area (Å²) in [6.07, 6.45) is -0.180. The van der Waals surface area contributed by atoms with Gasteiger partial charge in [0.05, 0.1) is 13.1 Å². The van der Waals surface area contributed by atoms with Crippen molar-refractivity contribution in [3.8, 4) is 0 Å². The molecule has 1 fully saturated rings. The summed E-state index contributed by atoms with van der Waals surface area (Å²) in [4.78, 5) is 23.0. The van der Waals surface area contributed by atoms with Crippen molar-refractivity contribution in [2.24, 2.45) is 0 Å². The van der Waals surface area contributed by atoms with Crippen molar-refractivity contribution >= 4 is 12.4 Å². The summed E-state index contributed by atoms with van der Waals surface area (Å²) in [6.45, 7) is 0.0296. The molecule has 0 bridgehead atoms. The van der Waals surface area contributed by atoms with Crippen LogP contribution in [0.5, 0.6) is 0 Å². The highest BCUT2D eigenvalue weighted by atomic mass is 19.1. The Bertz CT molecular complexity index is 429. The molecule has 2 rings (SSSR count). The van der Waals surface area contributed by atoms with Crippen LogP contribution in [0, 0.1) is 0 Å². The predicted molar refractivity (Wildman–Crippen MR) is 62.7 cm³/mol. The van der Waals surface area contributed by atoms with E-state index >= 15 is 0 Å². The standard InChI is InChI=1S/C13H14FNO3/c14-13(6-7-16)9-15(10-13)12(17)18-8-11-4-2-1-3-5-11/h1-5,7H,6,8-10H2. The zero-order valence-corrected chi connectivity index (χ0v) is 9.84. The Labute approximate surface area is 104 Å². The smallest absolute Gasteiger partial charge is 0.410 e.